The molecule has 0 aliphatic heterocycles. The van der Waals surface area contributed by atoms with Crippen LogP contribution in [0.5, 0.6) is 0 Å². The first-order chi connectivity index (χ1) is 6.14. The predicted octanol–water partition coefficient (Wildman–Crippen LogP) is 0.724. The van der Waals surface area contributed by atoms with Gasteiger partial charge in [-0.2, -0.15) is 0 Å². The van der Waals surface area contributed by atoms with Crippen LogP contribution in [0.2, 0.25) is 0 Å². The number of nitrogens with zero attached hydrogens (tertiary/aromatic N) is 1. The van der Waals surface area contributed by atoms with Crippen molar-refractivity contribution < 1.29 is 5.11 Å². The summed E-state index contributed by atoms with van der Waals surface area (Å²) in [4.78, 5) is 4.18. The standard InChI is InChI=1S/C10H16N2O/c1-10(11,5-7-13)8-9-4-2-3-6-12-9/h2-4,6,13H,5,7-8,11H2,1H3/t10-/m0/s1. The molecule has 0 amide bonds. The lowest BCUT2D eigenvalue weighted by Crippen LogP contribution is -2.39. The molecule has 0 saturated carbocycles. The maximum absolute atomic E-state index is 8.78. The maximum Gasteiger partial charge on any atom is 0.0448 e. The minimum absolute atomic E-state index is 0.125. The maximum atomic E-state index is 8.78. The summed E-state index contributed by atoms with van der Waals surface area (Å²) in [5, 5.41) is 8.78. The van der Waals surface area contributed by atoms with Gasteiger partial charge in [0.1, 0.15) is 0 Å². The molecule has 1 aromatic heterocycles. The lowest BCUT2D eigenvalue weighted by Gasteiger charge is -2.22. The summed E-state index contributed by atoms with van der Waals surface area (Å²) in [5.74, 6) is 0. The fraction of sp³-hybridized carbons (Fsp3) is 0.500. The van der Waals surface area contributed by atoms with Gasteiger partial charge in [0, 0.05) is 30.5 Å². The molecule has 1 heterocycles. The normalized spacial score (nSPS) is 15.3. The van der Waals surface area contributed by atoms with E-state index in [1.54, 1.807) is 6.20 Å². The van der Waals surface area contributed by atoms with Crippen molar-refractivity contribution in [1.29, 1.82) is 0 Å². The van der Waals surface area contributed by atoms with Crippen molar-refractivity contribution in [3.8, 4) is 0 Å². The van der Waals surface area contributed by atoms with Gasteiger partial charge in [0.2, 0.25) is 0 Å². The van der Waals surface area contributed by atoms with Crippen molar-refractivity contribution in [1.82, 2.24) is 4.98 Å². The van der Waals surface area contributed by atoms with E-state index in [4.69, 9.17) is 10.8 Å². The van der Waals surface area contributed by atoms with Gasteiger partial charge in [0.05, 0.1) is 0 Å². The number of aliphatic hydroxyl groups is 1. The van der Waals surface area contributed by atoms with Crippen LogP contribution in [-0.2, 0) is 6.42 Å². The minimum atomic E-state index is -0.358. The van der Waals surface area contributed by atoms with Crippen molar-refractivity contribution in [2.24, 2.45) is 5.73 Å². The van der Waals surface area contributed by atoms with Gasteiger partial charge in [-0.25, -0.2) is 0 Å². The molecule has 1 rings (SSSR count). The Kier molecular flexibility index (Phi) is 3.39. The van der Waals surface area contributed by atoms with E-state index in [0.717, 1.165) is 5.69 Å². The van der Waals surface area contributed by atoms with Gasteiger partial charge in [-0.3, -0.25) is 4.98 Å². The molecular formula is C10H16N2O. The Morgan fingerprint density at radius 3 is 2.85 bits per heavy atom. The van der Waals surface area contributed by atoms with Gasteiger partial charge in [-0.05, 0) is 25.5 Å². The van der Waals surface area contributed by atoms with E-state index < -0.39 is 0 Å². The summed E-state index contributed by atoms with van der Waals surface area (Å²) in [5.41, 5.74) is 6.57. The van der Waals surface area contributed by atoms with E-state index in [-0.39, 0.29) is 12.1 Å². The zero-order chi connectivity index (χ0) is 9.73. The van der Waals surface area contributed by atoms with Crippen LogP contribution < -0.4 is 5.73 Å². The molecule has 1 atom stereocenters. The van der Waals surface area contributed by atoms with Crippen LogP contribution >= 0.6 is 0 Å². The highest BCUT2D eigenvalue weighted by molar-refractivity contribution is 5.07. The van der Waals surface area contributed by atoms with E-state index in [1.165, 1.54) is 0 Å². The van der Waals surface area contributed by atoms with Crippen LogP contribution in [0.3, 0.4) is 0 Å². The number of hydrogen-bond donors (Lipinski definition) is 2. The Morgan fingerprint density at radius 2 is 2.31 bits per heavy atom. The highest BCUT2D eigenvalue weighted by Gasteiger charge is 2.18. The average molecular weight is 180 g/mol. The molecule has 3 heteroatoms. The number of aromatic nitrogens is 1. The van der Waals surface area contributed by atoms with Gasteiger partial charge in [0.25, 0.3) is 0 Å². The Labute approximate surface area is 78.6 Å². The quantitative estimate of drug-likeness (QED) is 0.718. The van der Waals surface area contributed by atoms with Crippen molar-refractivity contribution in [3.05, 3.63) is 30.1 Å². The molecule has 13 heavy (non-hydrogen) atoms. The average Bonchev–Trinajstić information content (AvgIpc) is 2.04. The number of rotatable bonds is 4. The first kappa shape index (κ1) is 10.2. The Bertz CT molecular complexity index is 246. The Morgan fingerprint density at radius 1 is 1.54 bits per heavy atom. The molecule has 0 bridgehead atoms. The van der Waals surface area contributed by atoms with E-state index in [2.05, 4.69) is 4.98 Å². The van der Waals surface area contributed by atoms with Crippen LogP contribution in [0.1, 0.15) is 19.0 Å². The minimum Gasteiger partial charge on any atom is -0.396 e. The Hall–Kier alpha value is -0.930. The summed E-state index contributed by atoms with van der Waals surface area (Å²) >= 11 is 0. The molecule has 0 fully saturated rings. The third-order valence-electron chi connectivity index (χ3n) is 1.99. The molecule has 0 radical (unpaired) electrons. The molecule has 0 aromatic carbocycles. The van der Waals surface area contributed by atoms with Gasteiger partial charge >= 0.3 is 0 Å². The number of pyridine rings is 1. The molecular weight excluding hydrogens is 164 g/mol. The fourth-order valence-corrected chi connectivity index (χ4v) is 1.26. The predicted molar refractivity (Wildman–Crippen MR) is 52.2 cm³/mol. The lowest BCUT2D eigenvalue weighted by atomic mass is 9.93. The first-order valence-electron chi connectivity index (χ1n) is 4.44. The molecule has 1 aromatic rings. The van der Waals surface area contributed by atoms with Gasteiger partial charge in [-0.15, -0.1) is 0 Å². The lowest BCUT2D eigenvalue weighted by molar-refractivity contribution is 0.245. The zero-order valence-electron chi connectivity index (χ0n) is 7.90. The van der Waals surface area contributed by atoms with Gasteiger partial charge < -0.3 is 10.8 Å². The third-order valence-corrected chi connectivity index (χ3v) is 1.99. The number of aliphatic hydroxyl groups excluding tert-OH is 1. The molecule has 0 unspecified atom stereocenters. The van der Waals surface area contributed by atoms with E-state index in [1.807, 2.05) is 25.1 Å². The molecule has 0 aliphatic carbocycles. The second-order valence-electron chi connectivity index (χ2n) is 3.63. The van der Waals surface area contributed by atoms with Crippen molar-refractivity contribution >= 4 is 0 Å². The molecule has 0 spiro atoms. The van der Waals surface area contributed by atoms with Crippen molar-refractivity contribution in [2.75, 3.05) is 6.61 Å². The Balaban J connectivity index is 2.58. The second-order valence-corrected chi connectivity index (χ2v) is 3.63. The summed E-state index contributed by atoms with van der Waals surface area (Å²) < 4.78 is 0. The van der Waals surface area contributed by atoms with Crippen molar-refractivity contribution in [2.45, 2.75) is 25.3 Å². The van der Waals surface area contributed by atoms with Crippen LogP contribution in [0, 0.1) is 0 Å². The molecule has 0 aliphatic rings. The van der Waals surface area contributed by atoms with Crippen LogP contribution in [0.25, 0.3) is 0 Å². The van der Waals surface area contributed by atoms with E-state index >= 15 is 0 Å². The van der Waals surface area contributed by atoms with Crippen LogP contribution in [0.15, 0.2) is 24.4 Å². The first-order valence-corrected chi connectivity index (χ1v) is 4.44. The molecule has 3 nitrogen and oxygen atoms in total. The zero-order valence-corrected chi connectivity index (χ0v) is 7.90. The SMILES string of the molecule is C[C@](N)(CCO)Cc1ccccn1. The van der Waals surface area contributed by atoms with Crippen LogP contribution in [0.4, 0.5) is 0 Å². The van der Waals surface area contributed by atoms with Crippen molar-refractivity contribution in [3.63, 3.8) is 0 Å². The van der Waals surface area contributed by atoms with Gasteiger partial charge in [-0.1, -0.05) is 6.07 Å². The monoisotopic (exact) mass is 180 g/mol. The largest absolute Gasteiger partial charge is 0.396 e. The van der Waals surface area contributed by atoms with Crippen LogP contribution in [-0.4, -0.2) is 22.2 Å². The molecule has 3 N–H and O–H groups in total. The summed E-state index contributed by atoms with van der Waals surface area (Å²) in [6.45, 7) is 2.05. The smallest absolute Gasteiger partial charge is 0.0448 e. The number of nitrogens with two attached hydrogens (primary N) is 1. The highest BCUT2D eigenvalue weighted by atomic mass is 16.3. The van der Waals surface area contributed by atoms with Gasteiger partial charge in [0.15, 0.2) is 0 Å². The van der Waals surface area contributed by atoms with E-state index in [9.17, 15) is 0 Å². The fourth-order valence-electron chi connectivity index (χ4n) is 1.26. The summed E-state index contributed by atoms with van der Waals surface area (Å²) in [6.07, 6.45) is 3.06. The molecule has 0 saturated heterocycles. The van der Waals surface area contributed by atoms with E-state index in [0.29, 0.717) is 12.8 Å². The molecule has 72 valence electrons. The summed E-state index contributed by atoms with van der Waals surface area (Å²) in [6, 6.07) is 5.77. The highest BCUT2D eigenvalue weighted by Crippen LogP contribution is 2.11. The summed E-state index contributed by atoms with van der Waals surface area (Å²) in [7, 11) is 0. The third kappa shape index (κ3) is 3.53. The topological polar surface area (TPSA) is 59.1 Å². The second kappa shape index (κ2) is 4.35. The number of hydrogen-bond acceptors (Lipinski definition) is 3.